The summed E-state index contributed by atoms with van der Waals surface area (Å²) >= 11 is 6.33. The number of methoxy groups -OCH3 is 1. The fraction of sp³-hybridized carbons (Fsp3) is 0.407. The Balaban J connectivity index is 2.04. The molecule has 35 heavy (non-hydrogen) atoms. The molecule has 1 N–H and O–H groups in total. The maximum atomic E-state index is 13.2. The van der Waals surface area contributed by atoms with Crippen molar-refractivity contribution in [2.24, 2.45) is 0 Å². The monoisotopic (exact) mass is 500 g/mol. The molecule has 1 fully saturated rings. The molecular formula is C27H33ClN2O5. The zero-order valence-corrected chi connectivity index (χ0v) is 21.5. The molecule has 1 aliphatic heterocycles. The number of benzene rings is 2. The first-order chi connectivity index (χ1) is 16.9. The molecule has 188 valence electrons. The molecule has 0 aliphatic carbocycles. The lowest BCUT2D eigenvalue weighted by atomic mass is 9.95. The van der Waals surface area contributed by atoms with Crippen LogP contribution in [0.5, 0.6) is 11.5 Å². The lowest BCUT2D eigenvalue weighted by molar-refractivity contribution is -0.140. The quantitative estimate of drug-likeness (QED) is 0.268. The second-order valence-corrected chi connectivity index (χ2v) is 8.63. The van der Waals surface area contributed by atoms with Crippen LogP contribution in [0.3, 0.4) is 0 Å². The fourth-order valence-corrected chi connectivity index (χ4v) is 4.56. The van der Waals surface area contributed by atoms with Crippen molar-refractivity contribution in [3.05, 3.63) is 64.2 Å². The number of carbonyl (C=O) groups is 2. The van der Waals surface area contributed by atoms with Crippen LogP contribution in [0.4, 0.5) is 0 Å². The smallest absolute Gasteiger partial charge is 0.295 e. The molecule has 7 nitrogen and oxygen atoms in total. The molecule has 1 amide bonds. The molecule has 8 heteroatoms. The average molecular weight is 501 g/mol. The van der Waals surface area contributed by atoms with Gasteiger partial charge in [-0.05, 0) is 68.9 Å². The third-order valence-corrected chi connectivity index (χ3v) is 6.54. The van der Waals surface area contributed by atoms with Crippen LogP contribution in [0.15, 0.2) is 48.0 Å². The Kier molecular flexibility index (Phi) is 9.18. The predicted octanol–water partition coefficient (Wildman–Crippen LogP) is 4.90. The van der Waals surface area contributed by atoms with E-state index in [9.17, 15) is 14.7 Å². The van der Waals surface area contributed by atoms with E-state index in [2.05, 4.69) is 18.7 Å². The highest BCUT2D eigenvalue weighted by Gasteiger charge is 2.45. The summed E-state index contributed by atoms with van der Waals surface area (Å²) in [6.45, 7) is 9.50. The summed E-state index contributed by atoms with van der Waals surface area (Å²) in [6, 6.07) is 11.3. The van der Waals surface area contributed by atoms with Crippen LogP contribution in [0, 0.1) is 0 Å². The molecule has 1 atom stereocenters. The SMILES string of the molecule is CCOc1ccc(C(O)=C2C(=O)C(=O)N(CCCN(CC)CC)C2c2ccc(OC)cc2)cc1Cl. The predicted molar refractivity (Wildman–Crippen MR) is 137 cm³/mol. The zero-order chi connectivity index (χ0) is 25.5. The van der Waals surface area contributed by atoms with E-state index in [4.69, 9.17) is 21.1 Å². The zero-order valence-electron chi connectivity index (χ0n) is 20.7. The summed E-state index contributed by atoms with van der Waals surface area (Å²) in [5.74, 6) is -0.458. The van der Waals surface area contributed by atoms with Gasteiger partial charge in [-0.25, -0.2) is 0 Å². The number of likely N-dealkylation sites (tertiary alicyclic amines) is 1. The Morgan fingerprint density at radius 3 is 2.34 bits per heavy atom. The molecule has 0 aromatic heterocycles. The van der Waals surface area contributed by atoms with Gasteiger partial charge in [0.05, 0.1) is 30.4 Å². The third-order valence-electron chi connectivity index (χ3n) is 6.24. The van der Waals surface area contributed by atoms with E-state index in [-0.39, 0.29) is 11.3 Å². The molecular weight excluding hydrogens is 468 g/mol. The summed E-state index contributed by atoms with van der Waals surface area (Å²) in [6.07, 6.45) is 0.705. The van der Waals surface area contributed by atoms with Crippen molar-refractivity contribution in [2.45, 2.75) is 33.2 Å². The van der Waals surface area contributed by atoms with Crippen LogP contribution in [-0.2, 0) is 9.59 Å². The van der Waals surface area contributed by atoms with Gasteiger partial charge in [-0.2, -0.15) is 0 Å². The second kappa shape index (κ2) is 12.1. The molecule has 2 aromatic rings. The minimum absolute atomic E-state index is 0.0447. The Morgan fingerprint density at radius 1 is 1.09 bits per heavy atom. The number of carbonyl (C=O) groups excluding carboxylic acids is 2. The summed E-state index contributed by atoms with van der Waals surface area (Å²) < 4.78 is 10.7. The highest BCUT2D eigenvalue weighted by molar-refractivity contribution is 6.46. The number of ether oxygens (including phenoxy) is 2. The van der Waals surface area contributed by atoms with E-state index >= 15 is 0 Å². The highest BCUT2D eigenvalue weighted by Crippen LogP contribution is 2.40. The number of aliphatic hydroxyl groups excluding tert-OH is 1. The van der Waals surface area contributed by atoms with Crippen molar-refractivity contribution >= 4 is 29.1 Å². The van der Waals surface area contributed by atoms with E-state index in [1.54, 1.807) is 42.3 Å². The molecule has 1 aliphatic rings. The van der Waals surface area contributed by atoms with Crippen LogP contribution < -0.4 is 9.47 Å². The number of hydrogen-bond acceptors (Lipinski definition) is 6. The van der Waals surface area contributed by atoms with Crippen molar-refractivity contribution in [2.75, 3.05) is 39.9 Å². The van der Waals surface area contributed by atoms with Crippen LogP contribution in [0.2, 0.25) is 5.02 Å². The van der Waals surface area contributed by atoms with E-state index in [1.807, 2.05) is 19.1 Å². The molecule has 0 spiro atoms. The number of nitrogens with zero attached hydrogens (tertiary/aromatic N) is 2. The Morgan fingerprint density at radius 2 is 1.77 bits per heavy atom. The van der Waals surface area contributed by atoms with Crippen molar-refractivity contribution in [1.82, 2.24) is 9.80 Å². The minimum Gasteiger partial charge on any atom is -0.507 e. The lowest BCUT2D eigenvalue weighted by Crippen LogP contribution is -2.33. The number of halogens is 1. The maximum absolute atomic E-state index is 13.2. The summed E-state index contributed by atoms with van der Waals surface area (Å²) in [5, 5.41) is 11.6. The van der Waals surface area contributed by atoms with Gasteiger partial charge in [0, 0.05) is 12.1 Å². The molecule has 3 rings (SSSR count). The van der Waals surface area contributed by atoms with Crippen LogP contribution in [-0.4, -0.2) is 66.5 Å². The fourth-order valence-electron chi connectivity index (χ4n) is 4.32. The molecule has 1 saturated heterocycles. The largest absolute Gasteiger partial charge is 0.507 e. The van der Waals surface area contributed by atoms with Crippen molar-refractivity contribution < 1.29 is 24.2 Å². The number of Topliss-reactive ketones (excluding diaryl/α,β-unsaturated/α-hetero) is 1. The summed E-state index contributed by atoms with van der Waals surface area (Å²) in [7, 11) is 1.57. The van der Waals surface area contributed by atoms with E-state index in [1.165, 1.54) is 0 Å². The topological polar surface area (TPSA) is 79.3 Å². The highest BCUT2D eigenvalue weighted by atomic mass is 35.5. The van der Waals surface area contributed by atoms with E-state index in [0.29, 0.717) is 47.2 Å². The Bertz CT molecular complexity index is 1080. The molecule has 1 unspecified atom stereocenters. The summed E-state index contributed by atoms with van der Waals surface area (Å²) in [4.78, 5) is 30.1. The molecule has 2 aromatic carbocycles. The molecule has 0 radical (unpaired) electrons. The number of rotatable bonds is 11. The van der Waals surface area contributed by atoms with Crippen molar-refractivity contribution in [1.29, 1.82) is 0 Å². The Hall–Kier alpha value is -3.03. The lowest BCUT2D eigenvalue weighted by Gasteiger charge is -2.27. The molecule has 0 saturated carbocycles. The third kappa shape index (κ3) is 5.80. The van der Waals surface area contributed by atoms with Gasteiger partial charge in [0.2, 0.25) is 0 Å². The van der Waals surface area contributed by atoms with Gasteiger partial charge in [-0.3, -0.25) is 9.59 Å². The first kappa shape index (κ1) is 26.6. The Labute approximate surface area is 211 Å². The van der Waals surface area contributed by atoms with Gasteiger partial charge in [0.15, 0.2) is 0 Å². The summed E-state index contributed by atoms with van der Waals surface area (Å²) in [5.41, 5.74) is 1.10. The molecule has 0 bridgehead atoms. The number of ketones is 1. The van der Waals surface area contributed by atoms with Crippen LogP contribution in [0.1, 0.15) is 44.4 Å². The normalized spacial score (nSPS) is 17.3. The van der Waals surface area contributed by atoms with Gasteiger partial charge in [-0.15, -0.1) is 0 Å². The van der Waals surface area contributed by atoms with Gasteiger partial charge in [0.25, 0.3) is 11.7 Å². The average Bonchev–Trinajstić information content (AvgIpc) is 3.12. The number of hydrogen-bond donors (Lipinski definition) is 1. The maximum Gasteiger partial charge on any atom is 0.295 e. The first-order valence-electron chi connectivity index (χ1n) is 11.9. The van der Waals surface area contributed by atoms with Crippen molar-refractivity contribution in [3.63, 3.8) is 0 Å². The second-order valence-electron chi connectivity index (χ2n) is 8.22. The van der Waals surface area contributed by atoms with Crippen LogP contribution >= 0.6 is 11.6 Å². The number of aliphatic hydroxyl groups is 1. The van der Waals surface area contributed by atoms with Gasteiger partial charge in [-0.1, -0.05) is 37.6 Å². The van der Waals surface area contributed by atoms with Gasteiger partial charge >= 0.3 is 0 Å². The van der Waals surface area contributed by atoms with Gasteiger partial charge in [0.1, 0.15) is 17.3 Å². The van der Waals surface area contributed by atoms with Crippen LogP contribution in [0.25, 0.3) is 5.76 Å². The standard InChI is InChI=1S/C27H33ClN2O5/c1-5-29(6-2)15-8-16-30-24(18-9-12-20(34-4)13-10-18)23(26(32)27(30)33)25(31)19-11-14-22(35-7-3)21(28)17-19/h9-14,17,24,31H,5-8,15-16H2,1-4H3. The van der Waals surface area contributed by atoms with Crippen molar-refractivity contribution in [3.8, 4) is 11.5 Å². The van der Waals surface area contributed by atoms with E-state index in [0.717, 1.165) is 19.6 Å². The van der Waals surface area contributed by atoms with E-state index < -0.39 is 17.7 Å². The molecule has 1 heterocycles. The number of amides is 1. The minimum atomic E-state index is -0.719. The van der Waals surface area contributed by atoms with Gasteiger partial charge < -0.3 is 24.4 Å². The first-order valence-corrected chi connectivity index (χ1v) is 12.3.